The van der Waals surface area contributed by atoms with Crippen LogP contribution in [0.3, 0.4) is 0 Å². The summed E-state index contributed by atoms with van der Waals surface area (Å²) in [5.41, 5.74) is 2.03. The van der Waals surface area contributed by atoms with Crippen LogP contribution in [-0.2, 0) is 17.9 Å². The van der Waals surface area contributed by atoms with Crippen molar-refractivity contribution in [1.82, 2.24) is 4.90 Å². The van der Waals surface area contributed by atoms with Crippen LogP contribution in [0.5, 0.6) is 5.75 Å². The zero-order valence-electron chi connectivity index (χ0n) is 12.2. The summed E-state index contributed by atoms with van der Waals surface area (Å²) >= 11 is 6.17. The summed E-state index contributed by atoms with van der Waals surface area (Å²) < 4.78 is 10.9. The molecule has 0 spiro atoms. The van der Waals surface area contributed by atoms with E-state index in [0.29, 0.717) is 30.8 Å². The number of aliphatic hydroxyl groups excluding tert-OH is 1. The fourth-order valence-corrected chi connectivity index (χ4v) is 2.65. The molecule has 1 aromatic rings. The summed E-state index contributed by atoms with van der Waals surface area (Å²) in [6.07, 6.45) is -0.364. The number of aliphatic hydroxyl groups is 1. The lowest BCUT2D eigenvalue weighted by Gasteiger charge is -2.30. The maximum Gasteiger partial charge on any atom is 0.189 e. The number of ether oxygens (including phenoxy) is 2. The van der Waals surface area contributed by atoms with Crippen molar-refractivity contribution in [2.75, 3.05) is 13.3 Å². The van der Waals surface area contributed by atoms with E-state index in [1.807, 2.05) is 12.1 Å². The molecule has 0 bridgehead atoms. The first-order valence-electron chi connectivity index (χ1n) is 6.91. The highest BCUT2D eigenvalue weighted by Gasteiger charge is 2.20. The lowest BCUT2D eigenvalue weighted by molar-refractivity contribution is -0.0177. The monoisotopic (exact) mass is 299 g/mol. The second kappa shape index (κ2) is 6.76. The van der Waals surface area contributed by atoms with Gasteiger partial charge >= 0.3 is 0 Å². The Labute approximate surface area is 125 Å². The van der Waals surface area contributed by atoms with Crippen LogP contribution < -0.4 is 4.74 Å². The standard InChI is InChI=1S/C15H22ClNO3/c1-10(2)17(6-11(3)18)7-12-4-14(16)5-13-8-19-9-20-15(12)13/h4-5,10-11,18H,6-9H2,1-3H3. The third-order valence-corrected chi connectivity index (χ3v) is 3.57. The maximum absolute atomic E-state index is 9.62. The van der Waals surface area contributed by atoms with Gasteiger partial charge in [-0.2, -0.15) is 0 Å². The lowest BCUT2D eigenvalue weighted by Crippen LogP contribution is -2.36. The first-order chi connectivity index (χ1) is 9.47. The summed E-state index contributed by atoms with van der Waals surface area (Å²) in [5.74, 6) is 0.872. The third-order valence-electron chi connectivity index (χ3n) is 3.35. The topological polar surface area (TPSA) is 41.9 Å². The van der Waals surface area contributed by atoms with Gasteiger partial charge in [-0.25, -0.2) is 0 Å². The van der Waals surface area contributed by atoms with Crippen LogP contribution in [0.4, 0.5) is 0 Å². The van der Waals surface area contributed by atoms with E-state index in [4.69, 9.17) is 21.1 Å². The molecule has 0 saturated heterocycles. The van der Waals surface area contributed by atoms with Crippen LogP contribution in [0.2, 0.25) is 5.02 Å². The van der Waals surface area contributed by atoms with Gasteiger partial charge in [0.25, 0.3) is 0 Å². The van der Waals surface area contributed by atoms with E-state index in [2.05, 4.69) is 18.7 Å². The number of hydrogen-bond acceptors (Lipinski definition) is 4. The van der Waals surface area contributed by atoms with Gasteiger partial charge in [0, 0.05) is 35.3 Å². The molecule has 5 heteroatoms. The molecule has 2 rings (SSSR count). The van der Waals surface area contributed by atoms with Gasteiger partial charge in [-0.05, 0) is 32.9 Å². The molecule has 1 N–H and O–H groups in total. The van der Waals surface area contributed by atoms with E-state index in [9.17, 15) is 5.11 Å². The van der Waals surface area contributed by atoms with E-state index in [0.717, 1.165) is 16.9 Å². The van der Waals surface area contributed by atoms with Gasteiger partial charge in [-0.15, -0.1) is 0 Å². The lowest BCUT2D eigenvalue weighted by atomic mass is 10.1. The molecule has 112 valence electrons. The molecule has 4 nitrogen and oxygen atoms in total. The number of hydrogen-bond donors (Lipinski definition) is 1. The molecule has 1 heterocycles. The van der Waals surface area contributed by atoms with E-state index < -0.39 is 0 Å². The first-order valence-corrected chi connectivity index (χ1v) is 7.29. The van der Waals surface area contributed by atoms with E-state index >= 15 is 0 Å². The molecule has 1 unspecified atom stereocenters. The van der Waals surface area contributed by atoms with E-state index in [1.54, 1.807) is 6.92 Å². The third kappa shape index (κ3) is 3.85. The van der Waals surface area contributed by atoms with Crippen molar-refractivity contribution in [1.29, 1.82) is 0 Å². The summed E-state index contributed by atoms with van der Waals surface area (Å²) in [5, 5.41) is 10.3. The van der Waals surface area contributed by atoms with Gasteiger partial charge in [-0.1, -0.05) is 11.6 Å². The average molecular weight is 300 g/mol. The quantitative estimate of drug-likeness (QED) is 0.908. The fourth-order valence-electron chi connectivity index (χ4n) is 2.39. The van der Waals surface area contributed by atoms with Crippen LogP contribution in [0.1, 0.15) is 31.9 Å². The smallest absolute Gasteiger partial charge is 0.189 e. The summed E-state index contributed by atoms with van der Waals surface area (Å²) in [6.45, 7) is 8.15. The highest BCUT2D eigenvalue weighted by molar-refractivity contribution is 6.30. The van der Waals surface area contributed by atoms with Gasteiger partial charge < -0.3 is 14.6 Å². The summed E-state index contributed by atoms with van der Waals surface area (Å²) in [7, 11) is 0. The number of nitrogens with zero attached hydrogens (tertiary/aromatic N) is 1. The molecule has 1 aliphatic rings. The predicted molar refractivity (Wildman–Crippen MR) is 79.0 cm³/mol. The number of rotatable bonds is 5. The molecule has 1 aromatic carbocycles. The van der Waals surface area contributed by atoms with Crippen LogP contribution in [-0.4, -0.2) is 35.5 Å². The molecule has 0 aliphatic carbocycles. The number of fused-ring (bicyclic) bond motifs is 1. The highest BCUT2D eigenvalue weighted by Crippen LogP contribution is 2.32. The van der Waals surface area contributed by atoms with Crippen molar-refractivity contribution in [2.45, 2.75) is 46.1 Å². The minimum absolute atomic E-state index is 0.277. The Bertz CT molecular complexity index is 463. The Morgan fingerprint density at radius 3 is 2.75 bits per heavy atom. The molecule has 0 saturated carbocycles. The van der Waals surface area contributed by atoms with Crippen molar-refractivity contribution < 1.29 is 14.6 Å². The van der Waals surface area contributed by atoms with Gasteiger partial charge in [0.2, 0.25) is 0 Å². The van der Waals surface area contributed by atoms with E-state index in [-0.39, 0.29) is 12.9 Å². The normalized spacial score (nSPS) is 16.1. The van der Waals surface area contributed by atoms with Crippen LogP contribution in [0.15, 0.2) is 12.1 Å². The molecule has 0 aromatic heterocycles. The molecule has 0 amide bonds. The van der Waals surface area contributed by atoms with Crippen molar-refractivity contribution in [3.8, 4) is 5.75 Å². The minimum atomic E-state index is -0.364. The largest absolute Gasteiger partial charge is 0.467 e. The van der Waals surface area contributed by atoms with Gasteiger partial charge in [0.1, 0.15) is 5.75 Å². The van der Waals surface area contributed by atoms with Crippen molar-refractivity contribution in [3.05, 3.63) is 28.3 Å². The molecule has 1 aliphatic heterocycles. The van der Waals surface area contributed by atoms with Gasteiger partial charge in [-0.3, -0.25) is 4.90 Å². The minimum Gasteiger partial charge on any atom is -0.467 e. The molecule has 1 atom stereocenters. The first kappa shape index (κ1) is 15.6. The van der Waals surface area contributed by atoms with Crippen molar-refractivity contribution >= 4 is 11.6 Å². The van der Waals surface area contributed by atoms with Gasteiger partial charge in [0.15, 0.2) is 6.79 Å². The second-order valence-corrected chi connectivity index (χ2v) is 5.97. The van der Waals surface area contributed by atoms with Gasteiger partial charge in [0.05, 0.1) is 12.7 Å². The van der Waals surface area contributed by atoms with E-state index in [1.165, 1.54) is 0 Å². The van der Waals surface area contributed by atoms with Crippen LogP contribution in [0.25, 0.3) is 0 Å². The molecular formula is C15H22ClNO3. The maximum atomic E-state index is 9.62. The zero-order valence-corrected chi connectivity index (χ0v) is 13.0. The molecular weight excluding hydrogens is 278 g/mol. The van der Waals surface area contributed by atoms with Crippen molar-refractivity contribution in [3.63, 3.8) is 0 Å². The molecule has 0 fully saturated rings. The predicted octanol–water partition coefficient (Wildman–Crippen LogP) is 2.80. The summed E-state index contributed by atoms with van der Waals surface area (Å²) in [6, 6.07) is 4.15. The SMILES string of the molecule is CC(O)CN(Cc1cc(Cl)cc2c1OCOC2)C(C)C. The fraction of sp³-hybridized carbons (Fsp3) is 0.600. The Morgan fingerprint density at radius 2 is 2.10 bits per heavy atom. The number of halogens is 1. The second-order valence-electron chi connectivity index (χ2n) is 5.54. The van der Waals surface area contributed by atoms with Crippen molar-refractivity contribution in [2.24, 2.45) is 0 Å². The highest BCUT2D eigenvalue weighted by atomic mass is 35.5. The Balaban J connectivity index is 2.24. The number of benzene rings is 1. The van der Waals surface area contributed by atoms with Crippen LogP contribution >= 0.6 is 11.6 Å². The molecule has 0 radical (unpaired) electrons. The Hall–Kier alpha value is -0.810. The Kier molecular flexibility index (Phi) is 5.27. The van der Waals surface area contributed by atoms with Crippen LogP contribution in [0, 0.1) is 0 Å². The zero-order chi connectivity index (χ0) is 14.7. The molecule has 20 heavy (non-hydrogen) atoms. The average Bonchev–Trinajstić information content (AvgIpc) is 2.37. The Morgan fingerprint density at radius 1 is 1.35 bits per heavy atom. The summed E-state index contributed by atoms with van der Waals surface area (Å²) in [4.78, 5) is 2.20.